The van der Waals surface area contributed by atoms with Crippen molar-refractivity contribution in [1.82, 2.24) is 9.78 Å². The molecule has 1 aromatic rings. The number of nitrogens with zero attached hydrogens (tertiary/aromatic N) is 2. The van der Waals surface area contributed by atoms with E-state index in [0.29, 0.717) is 12.0 Å². The van der Waals surface area contributed by atoms with Crippen molar-refractivity contribution < 1.29 is 4.74 Å². The van der Waals surface area contributed by atoms with Gasteiger partial charge in [-0.15, -0.1) is 0 Å². The van der Waals surface area contributed by atoms with E-state index in [1.54, 1.807) is 13.3 Å². The Morgan fingerprint density at radius 3 is 2.60 bits per heavy atom. The second-order valence-electron chi connectivity index (χ2n) is 4.16. The minimum Gasteiger partial charge on any atom is -0.493 e. The van der Waals surface area contributed by atoms with Crippen molar-refractivity contribution in [1.29, 1.82) is 0 Å². The molecule has 0 bridgehead atoms. The molecule has 0 saturated carbocycles. The predicted molar refractivity (Wildman–Crippen MR) is 65.8 cm³/mol. The van der Waals surface area contributed by atoms with E-state index in [1.165, 1.54) is 5.69 Å². The van der Waals surface area contributed by atoms with Gasteiger partial charge in [-0.25, -0.2) is 0 Å². The first-order valence-electron chi connectivity index (χ1n) is 5.26. The molecule has 86 valence electrons. The van der Waals surface area contributed by atoms with Crippen molar-refractivity contribution in [2.75, 3.05) is 12.4 Å². The highest BCUT2D eigenvalue weighted by atomic mass is 79.9. The standard InChI is InChI=1S/C11H19BrN2O/c1-8(2)14-10(5-9(3)6-12)11(15-4)7-13-14/h7-9H,5-6H2,1-4H3. The van der Waals surface area contributed by atoms with Crippen molar-refractivity contribution >= 4 is 15.9 Å². The molecule has 0 aliphatic heterocycles. The van der Waals surface area contributed by atoms with Gasteiger partial charge >= 0.3 is 0 Å². The fourth-order valence-corrected chi connectivity index (χ4v) is 1.79. The number of methoxy groups -OCH3 is 1. The van der Waals surface area contributed by atoms with Crippen LogP contribution < -0.4 is 4.74 Å². The van der Waals surface area contributed by atoms with Crippen LogP contribution in [0, 0.1) is 5.92 Å². The molecule has 0 radical (unpaired) electrons. The molecule has 4 heteroatoms. The lowest BCUT2D eigenvalue weighted by molar-refractivity contribution is 0.399. The lowest BCUT2D eigenvalue weighted by Gasteiger charge is -2.14. The molecule has 15 heavy (non-hydrogen) atoms. The van der Waals surface area contributed by atoms with E-state index < -0.39 is 0 Å². The van der Waals surface area contributed by atoms with Gasteiger partial charge in [-0.05, 0) is 26.2 Å². The molecule has 0 N–H and O–H groups in total. The molecule has 1 rings (SSSR count). The zero-order valence-corrected chi connectivity index (χ0v) is 11.4. The number of halogens is 1. The van der Waals surface area contributed by atoms with Gasteiger partial charge in [-0.1, -0.05) is 22.9 Å². The third-order valence-corrected chi connectivity index (χ3v) is 3.48. The molecular weight excluding hydrogens is 256 g/mol. The van der Waals surface area contributed by atoms with Gasteiger partial charge in [0, 0.05) is 11.4 Å². The highest BCUT2D eigenvalue weighted by Crippen LogP contribution is 2.24. The molecule has 0 spiro atoms. The van der Waals surface area contributed by atoms with Crippen LogP contribution in [0.15, 0.2) is 6.20 Å². The Hall–Kier alpha value is -0.510. The van der Waals surface area contributed by atoms with Crippen LogP contribution in [0.1, 0.15) is 32.5 Å². The largest absolute Gasteiger partial charge is 0.493 e. The molecule has 3 nitrogen and oxygen atoms in total. The summed E-state index contributed by atoms with van der Waals surface area (Å²) < 4.78 is 7.36. The number of rotatable bonds is 5. The van der Waals surface area contributed by atoms with E-state index in [0.717, 1.165) is 17.5 Å². The van der Waals surface area contributed by atoms with E-state index in [-0.39, 0.29) is 0 Å². The summed E-state index contributed by atoms with van der Waals surface area (Å²) in [5.74, 6) is 1.49. The van der Waals surface area contributed by atoms with Crippen molar-refractivity contribution in [3.05, 3.63) is 11.9 Å². The fourth-order valence-electron chi connectivity index (χ4n) is 1.57. The molecule has 0 fully saturated rings. The Balaban J connectivity index is 2.94. The summed E-state index contributed by atoms with van der Waals surface area (Å²) in [5.41, 5.74) is 1.19. The molecule has 1 aromatic heterocycles. The third-order valence-electron chi connectivity index (χ3n) is 2.37. The molecule has 1 heterocycles. The summed E-state index contributed by atoms with van der Waals surface area (Å²) in [4.78, 5) is 0. The average Bonchev–Trinajstić information content (AvgIpc) is 2.60. The second kappa shape index (κ2) is 5.54. The van der Waals surface area contributed by atoms with Crippen molar-refractivity contribution in [3.8, 4) is 5.75 Å². The number of hydrogen-bond donors (Lipinski definition) is 0. The normalized spacial score (nSPS) is 13.2. The van der Waals surface area contributed by atoms with Gasteiger partial charge in [0.05, 0.1) is 19.0 Å². The van der Waals surface area contributed by atoms with E-state index in [4.69, 9.17) is 4.74 Å². The van der Waals surface area contributed by atoms with E-state index in [2.05, 4.69) is 41.8 Å². The van der Waals surface area contributed by atoms with E-state index >= 15 is 0 Å². The molecule has 1 unspecified atom stereocenters. The fraction of sp³-hybridized carbons (Fsp3) is 0.727. The zero-order chi connectivity index (χ0) is 11.4. The maximum Gasteiger partial charge on any atom is 0.159 e. The average molecular weight is 275 g/mol. The molecule has 0 aliphatic rings. The van der Waals surface area contributed by atoms with Crippen LogP contribution in [0.4, 0.5) is 0 Å². The molecule has 0 aromatic carbocycles. The Morgan fingerprint density at radius 2 is 2.13 bits per heavy atom. The van der Waals surface area contributed by atoms with Gasteiger partial charge in [0.25, 0.3) is 0 Å². The van der Waals surface area contributed by atoms with Crippen LogP contribution in [-0.2, 0) is 6.42 Å². The summed E-state index contributed by atoms with van der Waals surface area (Å²) in [5, 5.41) is 5.35. The highest BCUT2D eigenvalue weighted by molar-refractivity contribution is 9.09. The van der Waals surface area contributed by atoms with E-state index in [1.807, 2.05) is 4.68 Å². The minimum absolute atomic E-state index is 0.381. The quantitative estimate of drug-likeness (QED) is 0.772. The summed E-state index contributed by atoms with van der Waals surface area (Å²) in [6.07, 6.45) is 2.79. The van der Waals surface area contributed by atoms with Gasteiger partial charge in [-0.2, -0.15) is 5.10 Å². The smallest absolute Gasteiger partial charge is 0.159 e. The Kier molecular flexibility index (Phi) is 4.64. The van der Waals surface area contributed by atoms with Crippen LogP contribution in [0.2, 0.25) is 0 Å². The Labute approximate surface area is 99.9 Å². The molecule has 0 saturated heterocycles. The van der Waals surface area contributed by atoms with Gasteiger partial charge in [0.1, 0.15) is 0 Å². The Bertz CT molecular complexity index is 310. The monoisotopic (exact) mass is 274 g/mol. The summed E-state index contributed by atoms with van der Waals surface area (Å²) in [7, 11) is 1.70. The molecular formula is C11H19BrN2O. The molecule has 0 amide bonds. The van der Waals surface area contributed by atoms with Crippen LogP contribution in [0.5, 0.6) is 5.75 Å². The lowest BCUT2D eigenvalue weighted by Crippen LogP contribution is -2.12. The first kappa shape index (κ1) is 12.6. The van der Waals surface area contributed by atoms with Gasteiger partial charge in [0.2, 0.25) is 0 Å². The van der Waals surface area contributed by atoms with Crippen molar-refractivity contribution in [3.63, 3.8) is 0 Å². The highest BCUT2D eigenvalue weighted by Gasteiger charge is 2.15. The summed E-state index contributed by atoms with van der Waals surface area (Å²) in [6, 6.07) is 0.381. The minimum atomic E-state index is 0.381. The molecule has 1 atom stereocenters. The second-order valence-corrected chi connectivity index (χ2v) is 4.81. The number of ether oxygens (including phenoxy) is 1. The SMILES string of the molecule is COc1cnn(C(C)C)c1CC(C)CBr. The van der Waals surface area contributed by atoms with Crippen LogP contribution >= 0.6 is 15.9 Å². The van der Waals surface area contributed by atoms with Gasteiger partial charge < -0.3 is 4.74 Å². The van der Waals surface area contributed by atoms with Crippen LogP contribution in [0.3, 0.4) is 0 Å². The number of aromatic nitrogens is 2. The predicted octanol–water partition coefficient (Wildman–Crippen LogP) is 3.05. The van der Waals surface area contributed by atoms with Crippen molar-refractivity contribution in [2.45, 2.75) is 33.2 Å². The number of hydrogen-bond acceptors (Lipinski definition) is 2. The van der Waals surface area contributed by atoms with Crippen LogP contribution in [0.25, 0.3) is 0 Å². The first-order chi connectivity index (χ1) is 7.10. The Morgan fingerprint density at radius 1 is 1.47 bits per heavy atom. The third kappa shape index (κ3) is 2.97. The maximum absolute atomic E-state index is 5.32. The van der Waals surface area contributed by atoms with Gasteiger partial charge in [-0.3, -0.25) is 4.68 Å². The van der Waals surface area contributed by atoms with E-state index in [9.17, 15) is 0 Å². The molecule has 0 aliphatic carbocycles. The lowest BCUT2D eigenvalue weighted by atomic mass is 10.1. The maximum atomic E-state index is 5.32. The summed E-state index contributed by atoms with van der Waals surface area (Å²) in [6.45, 7) is 6.48. The van der Waals surface area contributed by atoms with Crippen LogP contribution in [-0.4, -0.2) is 22.2 Å². The zero-order valence-electron chi connectivity index (χ0n) is 9.83. The first-order valence-corrected chi connectivity index (χ1v) is 6.38. The number of alkyl halides is 1. The summed E-state index contributed by atoms with van der Waals surface area (Å²) >= 11 is 3.50. The van der Waals surface area contributed by atoms with Crippen molar-refractivity contribution in [2.24, 2.45) is 5.92 Å². The topological polar surface area (TPSA) is 27.1 Å². The van der Waals surface area contributed by atoms with Gasteiger partial charge in [0.15, 0.2) is 5.75 Å².